The van der Waals surface area contributed by atoms with Crippen molar-refractivity contribution in [3.8, 4) is 0 Å². The highest BCUT2D eigenvalue weighted by atomic mass is 35.5. The highest BCUT2D eigenvalue weighted by Gasteiger charge is 2.33. The van der Waals surface area contributed by atoms with E-state index in [9.17, 15) is 0 Å². The topological polar surface area (TPSA) is 3.01 Å². The van der Waals surface area contributed by atoms with Crippen LogP contribution in [0.4, 0.5) is 0 Å². The van der Waals surface area contributed by atoms with Crippen LogP contribution in [0.2, 0.25) is 0 Å². The van der Waals surface area contributed by atoms with Crippen LogP contribution in [0.1, 0.15) is 34.1 Å². The molecule has 1 heterocycles. The first-order valence-corrected chi connectivity index (χ1v) is 6.79. The molecule has 90 valence electrons. The first-order valence-electron chi connectivity index (χ1n) is 5.42. The summed E-state index contributed by atoms with van der Waals surface area (Å²) in [7, 11) is 0. The van der Waals surface area contributed by atoms with Crippen LogP contribution < -0.4 is 12.4 Å². The van der Waals surface area contributed by atoms with Gasteiger partial charge in [0, 0.05) is 12.3 Å². The van der Waals surface area contributed by atoms with E-state index < -0.39 is 0 Å². The number of halogens is 2. The summed E-state index contributed by atoms with van der Waals surface area (Å²) in [5, 5.41) is 0. The first-order chi connectivity index (χ1) is 6.50. The largest absolute Gasteiger partial charge is 1.00 e. The molecule has 1 aliphatic heterocycles. The Morgan fingerprint density at radius 2 is 1.93 bits per heavy atom. The quantitative estimate of drug-likeness (QED) is 0.669. The van der Waals surface area contributed by atoms with Crippen molar-refractivity contribution in [3.63, 3.8) is 0 Å². The molecule has 0 aromatic carbocycles. The van der Waals surface area contributed by atoms with E-state index in [1.54, 1.807) is 11.8 Å². The van der Waals surface area contributed by atoms with Crippen molar-refractivity contribution >= 4 is 27.9 Å². The van der Waals surface area contributed by atoms with E-state index in [4.69, 9.17) is 11.6 Å². The third-order valence-corrected chi connectivity index (χ3v) is 3.94. The Hall–Kier alpha value is 0.600. The van der Waals surface area contributed by atoms with Crippen LogP contribution in [0.15, 0.2) is 0 Å². The van der Waals surface area contributed by atoms with E-state index in [-0.39, 0.29) is 12.4 Å². The maximum Gasteiger partial charge on any atom is 0.305 e. The SMILES string of the molecule is CC(C)C[C@H]1CSC(Cl)=[N+]1CC(C)C.[Cl-]. The third kappa shape index (κ3) is 4.97. The van der Waals surface area contributed by atoms with Crippen LogP contribution in [0, 0.1) is 11.8 Å². The molecule has 0 unspecified atom stereocenters. The number of hydrogen-bond acceptors (Lipinski definition) is 1. The maximum atomic E-state index is 6.21. The Morgan fingerprint density at radius 3 is 2.40 bits per heavy atom. The lowest BCUT2D eigenvalue weighted by molar-refractivity contribution is -0.561. The molecule has 0 saturated heterocycles. The number of thioether (sulfide) groups is 1. The fourth-order valence-electron chi connectivity index (χ4n) is 1.84. The van der Waals surface area contributed by atoms with Crippen LogP contribution >= 0.6 is 23.4 Å². The van der Waals surface area contributed by atoms with Crippen molar-refractivity contribution in [2.75, 3.05) is 12.3 Å². The molecule has 1 rings (SSSR count). The molecule has 0 radical (unpaired) electrons. The standard InChI is InChI=1S/C11H21ClNS.ClH/c1-8(2)5-10-7-14-11(12)13(10)6-9(3)4;/h8-10H,5-7H2,1-4H3;1H/q+1;/p-1/t10-;/m0./s1. The van der Waals surface area contributed by atoms with Crippen molar-refractivity contribution in [3.05, 3.63) is 0 Å². The molecule has 0 N–H and O–H groups in total. The summed E-state index contributed by atoms with van der Waals surface area (Å²) >= 11 is 8.01. The predicted molar refractivity (Wildman–Crippen MR) is 66.5 cm³/mol. The molecule has 4 heteroatoms. The minimum Gasteiger partial charge on any atom is -1.00 e. The van der Waals surface area contributed by atoms with Crippen LogP contribution in [-0.2, 0) is 0 Å². The molecule has 0 fully saturated rings. The Morgan fingerprint density at radius 1 is 1.33 bits per heavy atom. The minimum absolute atomic E-state index is 0. The number of hydrogen-bond donors (Lipinski definition) is 0. The van der Waals surface area contributed by atoms with Crippen molar-refractivity contribution in [2.45, 2.75) is 40.2 Å². The smallest absolute Gasteiger partial charge is 0.305 e. The molecule has 1 nitrogen and oxygen atoms in total. The molecule has 0 bridgehead atoms. The summed E-state index contributed by atoms with van der Waals surface area (Å²) in [5.74, 6) is 2.62. The molecule has 0 aliphatic carbocycles. The van der Waals surface area contributed by atoms with E-state index in [0.717, 1.165) is 17.0 Å². The van der Waals surface area contributed by atoms with Gasteiger partial charge in [-0.05, 0) is 29.3 Å². The molecule has 1 aliphatic rings. The molecule has 0 aromatic rings. The Labute approximate surface area is 109 Å². The van der Waals surface area contributed by atoms with Crippen LogP contribution in [0.5, 0.6) is 0 Å². The van der Waals surface area contributed by atoms with Gasteiger partial charge in [-0.3, -0.25) is 0 Å². The second-order valence-electron chi connectivity index (χ2n) is 4.89. The fourth-order valence-corrected chi connectivity index (χ4v) is 3.27. The first kappa shape index (κ1) is 15.6. The van der Waals surface area contributed by atoms with Gasteiger partial charge in [0.05, 0.1) is 5.75 Å². The van der Waals surface area contributed by atoms with Gasteiger partial charge in [0.1, 0.15) is 6.54 Å². The number of rotatable bonds is 4. The molecule has 0 aromatic heterocycles. The van der Waals surface area contributed by atoms with E-state index in [0.29, 0.717) is 12.0 Å². The van der Waals surface area contributed by atoms with Crippen molar-refractivity contribution in [1.29, 1.82) is 0 Å². The summed E-state index contributed by atoms with van der Waals surface area (Å²) in [6.45, 7) is 10.2. The lowest BCUT2D eigenvalue weighted by atomic mass is 10.0. The normalized spacial score (nSPS) is 21.4. The van der Waals surface area contributed by atoms with Crippen LogP contribution in [-0.4, -0.2) is 27.4 Å². The van der Waals surface area contributed by atoms with Crippen LogP contribution in [0.3, 0.4) is 0 Å². The summed E-state index contributed by atoms with van der Waals surface area (Å²) in [6.07, 6.45) is 1.26. The Kier molecular flexibility index (Phi) is 7.31. The van der Waals surface area contributed by atoms with Gasteiger partial charge in [0.2, 0.25) is 0 Å². The second-order valence-corrected chi connectivity index (χ2v) is 6.48. The van der Waals surface area contributed by atoms with E-state index in [1.165, 1.54) is 12.2 Å². The second kappa shape index (κ2) is 7.03. The Balaban J connectivity index is 0.00000196. The van der Waals surface area contributed by atoms with Gasteiger partial charge in [-0.2, -0.15) is 0 Å². The van der Waals surface area contributed by atoms with E-state index >= 15 is 0 Å². The Bertz CT molecular complexity index is 227. The summed E-state index contributed by atoms with van der Waals surface area (Å²) < 4.78 is 3.39. The van der Waals surface area contributed by atoms with Crippen molar-refractivity contribution < 1.29 is 17.0 Å². The molecular formula is C11H21Cl2NS. The van der Waals surface area contributed by atoms with Gasteiger partial charge in [-0.1, -0.05) is 27.7 Å². The predicted octanol–water partition coefficient (Wildman–Crippen LogP) is 0.415. The third-order valence-electron chi connectivity index (χ3n) is 2.37. The summed E-state index contributed by atoms with van der Waals surface area (Å²) in [6, 6.07) is 0.662. The zero-order valence-corrected chi connectivity index (χ0v) is 12.3. The molecule has 0 spiro atoms. The lowest BCUT2D eigenvalue weighted by Gasteiger charge is -2.13. The van der Waals surface area contributed by atoms with E-state index in [1.807, 2.05) is 0 Å². The number of nitrogens with zero attached hydrogens (tertiary/aromatic N) is 1. The minimum atomic E-state index is 0. The maximum absolute atomic E-state index is 6.21. The van der Waals surface area contributed by atoms with Gasteiger partial charge < -0.3 is 12.4 Å². The van der Waals surface area contributed by atoms with Gasteiger partial charge in [-0.25, -0.2) is 4.58 Å². The molecule has 0 saturated carbocycles. The molecular weight excluding hydrogens is 249 g/mol. The van der Waals surface area contributed by atoms with E-state index in [2.05, 4.69) is 32.3 Å². The highest BCUT2D eigenvalue weighted by Crippen LogP contribution is 2.25. The average Bonchev–Trinajstić information content (AvgIpc) is 2.34. The zero-order valence-electron chi connectivity index (χ0n) is 9.96. The lowest BCUT2D eigenvalue weighted by Crippen LogP contribution is -3.00. The molecule has 15 heavy (non-hydrogen) atoms. The van der Waals surface area contributed by atoms with Crippen molar-refractivity contribution in [2.24, 2.45) is 11.8 Å². The molecule has 0 amide bonds. The van der Waals surface area contributed by atoms with Crippen molar-refractivity contribution in [1.82, 2.24) is 0 Å². The summed E-state index contributed by atoms with van der Waals surface area (Å²) in [5.41, 5.74) is 0. The monoisotopic (exact) mass is 269 g/mol. The highest BCUT2D eigenvalue weighted by molar-refractivity contribution is 8.16. The fraction of sp³-hybridized carbons (Fsp3) is 0.909. The van der Waals surface area contributed by atoms with Crippen LogP contribution in [0.25, 0.3) is 0 Å². The van der Waals surface area contributed by atoms with Gasteiger partial charge in [0.15, 0.2) is 6.04 Å². The van der Waals surface area contributed by atoms with Gasteiger partial charge in [-0.15, -0.1) is 0 Å². The van der Waals surface area contributed by atoms with Gasteiger partial charge >= 0.3 is 4.50 Å². The molecule has 1 atom stereocenters. The summed E-state index contributed by atoms with van der Waals surface area (Å²) in [4.78, 5) is 0. The van der Waals surface area contributed by atoms with Gasteiger partial charge in [0.25, 0.3) is 0 Å². The average molecular weight is 270 g/mol. The zero-order chi connectivity index (χ0) is 10.7.